The Kier molecular flexibility index (Phi) is 7.10. The van der Waals surface area contributed by atoms with Gasteiger partial charge in [0.15, 0.2) is 5.79 Å². The van der Waals surface area contributed by atoms with Crippen LogP contribution in [-0.2, 0) is 15.9 Å². The van der Waals surface area contributed by atoms with E-state index < -0.39 is 11.9 Å². The van der Waals surface area contributed by atoms with Gasteiger partial charge in [0.2, 0.25) is 0 Å². The van der Waals surface area contributed by atoms with Gasteiger partial charge < -0.3 is 23.9 Å². The van der Waals surface area contributed by atoms with Gasteiger partial charge in [-0.05, 0) is 74.2 Å². The zero-order chi connectivity index (χ0) is 27.1. The fourth-order valence-corrected chi connectivity index (χ4v) is 5.77. The van der Waals surface area contributed by atoms with E-state index in [1.54, 1.807) is 29.2 Å². The molecule has 3 heterocycles. The molecule has 7 nitrogen and oxygen atoms in total. The highest BCUT2D eigenvalue weighted by Crippen LogP contribution is 2.35. The minimum Gasteiger partial charge on any atom is -0.491 e. The Morgan fingerprint density at radius 2 is 1.87 bits per heavy atom. The van der Waals surface area contributed by atoms with Crippen molar-refractivity contribution in [3.63, 3.8) is 0 Å². The van der Waals surface area contributed by atoms with Crippen LogP contribution in [0.1, 0.15) is 43.1 Å². The number of halogens is 2. The maximum atomic E-state index is 13.5. The number of carbonyl (C=O) groups is 1. The summed E-state index contributed by atoms with van der Waals surface area (Å²) in [5.74, 6) is 0.570. The lowest BCUT2D eigenvalue weighted by molar-refractivity contribution is -0.141. The smallest absolute Gasteiger partial charge is 0.416 e. The van der Waals surface area contributed by atoms with Gasteiger partial charge in [-0.2, -0.15) is 0 Å². The summed E-state index contributed by atoms with van der Waals surface area (Å²) in [4.78, 5) is 18.8. The molecule has 3 aliphatic rings. The summed E-state index contributed by atoms with van der Waals surface area (Å²) in [5, 5.41) is 2.72. The molecule has 1 amide bonds. The van der Waals surface area contributed by atoms with Crippen molar-refractivity contribution < 1.29 is 23.7 Å². The van der Waals surface area contributed by atoms with Crippen molar-refractivity contribution in [2.45, 2.75) is 50.0 Å². The van der Waals surface area contributed by atoms with E-state index in [9.17, 15) is 4.79 Å². The normalized spacial score (nSPS) is 23.3. The Hall–Kier alpha value is -2.97. The molecule has 1 aromatic heterocycles. The second-order valence-electron chi connectivity index (χ2n) is 10.5. The van der Waals surface area contributed by atoms with Gasteiger partial charge in [0.1, 0.15) is 30.3 Å². The molecule has 1 aliphatic carbocycles. The number of benzene rings is 2. The first-order chi connectivity index (χ1) is 18.8. The number of ether oxygens (including phenoxy) is 4. The van der Waals surface area contributed by atoms with Crippen LogP contribution in [0.5, 0.6) is 11.5 Å². The predicted octanol–water partition coefficient (Wildman–Crippen LogP) is 4.92. The standard InChI is InChI=1S/C30H30Cl2N2O5/c1-30(2)37-17-23(39-30)16-36-21-8-3-18(4-9-21)28-27-24(25-15-20(32)7-12-26(25)33-27)13-14-34(28)29(35)38-22-10-5-19(31)6-11-22/h3-6,8-12,15,20,23,28,33H,7,13-14,16-17H2,1-2H3/t20?,23-,28+/m1/s1. The molecule has 3 aromatic rings. The summed E-state index contributed by atoms with van der Waals surface area (Å²) < 4.78 is 23.2. The third-order valence-corrected chi connectivity index (χ3v) is 7.80. The van der Waals surface area contributed by atoms with Gasteiger partial charge in [-0.25, -0.2) is 4.79 Å². The number of aromatic nitrogens is 1. The van der Waals surface area contributed by atoms with Crippen molar-refractivity contribution in [3.8, 4) is 11.5 Å². The molecule has 3 atom stereocenters. The molecule has 2 aliphatic heterocycles. The topological polar surface area (TPSA) is 73.0 Å². The van der Waals surface area contributed by atoms with Crippen LogP contribution < -0.4 is 20.0 Å². The molecule has 6 rings (SSSR count). The lowest BCUT2D eigenvalue weighted by atomic mass is 9.92. The number of hydrogen-bond donors (Lipinski definition) is 1. The fourth-order valence-electron chi connectivity index (χ4n) is 5.43. The summed E-state index contributed by atoms with van der Waals surface area (Å²) in [5.41, 5.74) is 3.11. The van der Waals surface area contributed by atoms with Crippen LogP contribution in [0.4, 0.5) is 4.79 Å². The molecule has 0 saturated carbocycles. The molecular weight excluding hydrogens is 539 g/mol. The van der Waals surface area contributed by atoms with Crippen LogP contribution in [-0.4, -0.2) is 53.0 Å². The molecule has 1 saturated heterocycles. The van der Waals surface area contributed by atoms with Crippen LogP contribution in [0.2, 0.25) is 5.02 Å². The minimum atomic E-state index is -0.589. The van der Waals surface area contributed by atoms with E-state index in [1.807, 2.05) is 38.1 Å². The number of hydrogen-bond acceptors (Lipinski definition) is 5. The number of amides is 1. The quantitative estimate of drug-likeness (QED) is 0.442. The highest BCUT2D eigenvalue weighted by molar-refractivity contribution is 6.30. The van der Waals surface area contributed by atoms with Gasteiger partial charge in [-0.15, -0.1) is 11.6 Å². The second kappa shape index (κ2) is 10.5. The monoisotopic (exact) mass is 568 g/mol. The average molecular weight is 569 g/mol. The number of H-pyrrole nitrogens is 1. The molecule has 39 heavy (non-hydrogen) atoms. The molecule has 0 radical (unpaired) electrons. The number of nitrogens with one attached hydrogen (secondary N) is 1. The summed E-state index contributed by atoms with van der Waals surface area (Å²) in [6.45, 7) is 5.18. The van der Waals surface area contributed by atoms with Crippen molar-refractivity contribution in [2.75, 3.05) is 19.8 Å². The van der Waals surface area contributed by atoms with E-state index >= 15 is 0 Å². The number of rotatable bonds is 5. The van der Waals surface area contributed by atoms with Gasteiger partial charge >= 0.3 is 6.09 Å². The lowest BCUT2D eigenvalue weighted by Gasteiger charge is -2.35. The first-order valence-electron chi connectivity index (χ1n) is 13.1. The summed E-state index contributed by atoms with van der Waals surface area (Å²) in [7, 11) is 0. The van der Waals surface area contributed by atoms with Gasteiger partial charge in [-0.1, -0.05) is 35.9 Å². The number of carbonyl (C=O) groups excluding carboxylic acids is 1. The highest BCUT2D eigenvalue weighted by Gasteiger charge is 2.36. The molecular formula is C30H30Cl2N2O5. The molecule has 2 aromatic carbocycles. The number of fused-ring (bicyclic) bond motifs is 3. The number of aromatic amines is 1. The minimum absolute atomic E-state index is 0.0417. The Labute approximate surface area is 236 Å². The molecule has 0 bridgehead atoms. The summed E-state index contributed by atoms with van der Waals surface area (Å²) in [6.07, 6.45) is 5.15. The Morgan fingerprint density at radius 3 is 2.59 bits per heavy atom. The average Bonchev–Trinajstić information content (AvgIpc) is 3.47. The Morgan fingerprint density at radius 1 is 1.13 bits per heavy atom. The van der Waals surface area contributed by atoms with E-state index in [-0.39, 0.29) is 17.5 Å². The largest absolute Gasteiger partial charge is 0.491 e. The molecule has 1 unspecified atom stereocenters. The zero-order valence-electron chi connectivity index (χ0n) is 21.8. The van der Waals surface area contributed by atoms with E-state index in [4.69, 9.17) is 42.1 Å². The van der Waals surface area contributed by atoms with Crippen molar-refractivity contribution in [1.82, 2.24) is 9.88 Å². The Bertz CT molecular complexity index is 1480. The zero-order valence-corrected chi connectivity index (χ0v) is 23.3. The first kappa shape index (κ1) is 26.3. The molecule has 204 valence electrons. The van der Waals surface area contributed by atoms with Crippen LogP contribution in [0, 0.1) is 0 Å². The van der Waals surface area contributed by atoms with E-state index in [0.29, 0.717) is 37.0 Å². The Balaban J connectivity index is 1.29. The second-order valence-corrected chi connectivity index (χ2v) is 11.5. The predicted molar refractivity (Wildman–Crippen MR) is 150 cm³/mol. The van der Waals surface area contributed by atoms with Crippen molar-refractivity contribution >= 4 is 41.4 Å². The third kappa shape index (κ3) is 5.54. The van der Waals surface area contributed by atoms with Crippen molar-refractivity contribution in [2.24, 2.45) is 0 Å². The summed E-state index contributed by atoms with van der Waals surface area (Å²) in [6, 6.07) is 14.2. The van der Waals surface area contributed by atoms with E-state index in [1.165, 1.54) is 5.56 Å². The van der Waals surface area contributed by atoms with E-state index in [0.717, 1.165) is 34.0 Å². The number of alkyl halides is 1. The molecule has 1 fully saturated rings. The third-order valence-electron chi connectivity index (χ3n) is 7.24. The van der Waals surface area contributed by atoms with Gasteiger partial charge in [0.05, 0.1) is 12.0 Å². The highest BCUT2D eigenvalue weighted by atomic mass is 35.5. The fraction of sp³-hybridized carbons (Fsp3) is 0.367. The summed E-state index contributed by atoms with van der Waals surface area (Å²) >= 11 is 12.5. The number of nitrogens with zero attached hydrogens (tertiary/aromatic N) is 1. The van der Waals surface area contributed by atoms with Gasteiger partial charge in [0.25, 0.3) is 0 Å². The maximum absolute atomic E-state index is 13.5. The van der Waals surface area contributed by atoms with Crippen LogP contribution in [0.25, 0.3) is 12.2 Å². The molecule has 9 heteroatoms. The van der Waals surface area contributed by atoms with Crippen LogP contribution in [0.3, 0.4) is 0 Å². The lowest BCUT2D eigenvalue weighted by Crippen LogP contribution is -2.43. The molecule has 1 N–H and O–H groups in total. The molecule has 0 spiro atoms. The van der Waals surface area contributed by atoms with Crippen LogP contribution in [0.15, 0.2) is 48.5 Å². The van der Waals surface area contributed by atoms with Crippen molar-refractivity contribution in [1.29, 1.82) is 0 Å². The van der Waals surface area contributed by atoms with Gasteiger partial charge in [-0.3, -0.25) is 4.90 Å². The van der Waals surface area contributed by atoms with Crippen LogP contribution >= 0.6 is 23.2 Å². The van der Waals surface area contributed by atoms with Gasteiger partial charge in [0, 0.05) is 27.8 Å². The maximum Gasteiger partial charge on any atom is 0.416 e. The van der Waals surface area contributed by atoms with E-state index in [2.05, 4.69) is 17.1 Å². The first-order valence-corrected chi connectivity index (χ1v) is 13.9. The van der Waals surface area contributed by atoms with Crippen molar-refractivity contribution in [3.05, 3.63) is 80.9 Å². The SMILES string of the molecule is CC1(C)OC[C@@H](COc2ccc([C@H]3c4[nH]c5c(c4CCN3C(=O)Oc3ccc(Cl)cc3)=CC(Cl)CC=5)cc2)O1.